The molecule has 1 N–H and O–H groups in total. The van der Waals surface area contributed by atoms with E-state index in [0.29, 0.717) is 17.4 Å². The summed E-state index contributed by atoms with van der Waals surface area (Å²) in [6, 6.07) is 12.8. The normalized spacial score (nSPS) is 10.4. The minimum atomic E-state index is -0.665. The molecule has 132 valence electrons. The molecule has 0 radical (unpaired) electrons. The second-order valence-corrected chi connectivity index (χ2v) is 5.73. The summed E-state index contributed by atoms with van der Waals surface area (Å²) in [6.45, 7) is 3.41. The number of halogens is 1. The van der Waals surface area contributed by atoms with Crippen molar-refractivity contribution in [3.8, 4) is 5.75 Å². The third-order valence-corrected chi connectivity index (χ3v) is 3.38. The second-order valence-electron chi connectivity index (χ2n) is 5.73. The molecule has 0 saturated carbocycles. The van der Waals surface area contributed by atoms with Gasteiger partial charge in [0.15, 0.2) is 13.2 Å². The van der Waals surface area contributed by atoms with E-state index in [2.05, 4.69) is 19.2 Å². The van der Waals surface area contributed by atoms with Gasteiger partial charge in [-0.05, 0) is 41.8 Å². The summed E-state index contributed by atoms with van der Waals surface area (Å²) in [6.07, 6.45) is 0. The third-order valence-electron chi connectivity index (χ3n) is 3.38. The minimum Gasteiger partial charge on any atom is -0.482 e. The van der Waals surface area contributed by atoms with Gasteiger partial charge in [-0.25, -0.2) is 9.18 Å². The molecule has 0 bridgehead atoms. The Kier molecular flexibility index (Phi) is 6.51. The second kappa shape index (κ2) is 8.82. The number of ether oxygens (including phenoxy) is 2. The van der Waals surface area contributed by atoms with E-state index in [1.165, 1.54) is 29.8 Å². The van der Waals surface area contributed by atoms with Gasteiger partial charge in [-0.15, -0.1) is 0 Å². The van der Waals surface area contributed by atoms with Crippen molar-refractivity contribution in [2.24, 2.45) is 0 Å². The molecule has 1 amide bonds. The summed E-state index contributed by atoms with van der Waals surface area (Å²) >= 11 is 0. The van der Waals surface area contributed by atoms with Crippen molar-refractivity contribution >= 4 is 17.6 Å². The predicted molar refractivity (Wildman–Crippen MR) is 92.0 cm³/mol. The van der Waals surface area contributed by atoms with Crippen LogP contribution in [0.2, 0.25) is 0 Å². The molecule has 0 unspecified atom stereocenters. The zero-order valence-corrected chi connectivity index (χ0v) is 14.1. The summed E-state index contributed by atoms with van der Waals surface area (Å²) in [5.74, 6) is -0.726. The number of rotatable bonds is 7. The van der Waals surface area contributed by atoms with E-state index in [-0.39, 0.29) is 6.61 Å². The highest BCUT2D eigenvalue weighted by molar-refractivity contribution is 5.92. The molecular formula is C19H20FNO4. The third kappa shape index (κ3) is 6.25. The van der Waals surface area contributed by atoms with E-state index in [1.807, 2.05) is 12.1 Å². The van der Waals surface area contributed by atoms with E-state index >= 15 is 0 Å². The number of carbonyl (C=O) groups is 2. The van der Waals surface area contributed by atoms with Crippen LogP contribution in [0.5, 0.6) is 5.75 Å². The highest BCUT2D eigenvalue weighted by atomic mass is 19.1. The maximum Gasteiger partial charge on any atom is 0.344 e. The van der Waals surface area contributed by atoms with Gasteiger partial charge in [0.1, 0.15) is 11.6 Å². The predicted octanol–water partition coefficient (Wildman–Crippen LogP) is 3.51. The van der Waals surface area contributed by atoms with E-state index < -0.39 is 24.3 Å². The van der Waals surface area contributed by atoms with Crippen molar-refractivity contribution in [2.75, 3.05) is 18.5 Å². The summed E-state index contributed by atoms with van der Waals surface area (Å²) in [5.41, 5.74) is 1.46. The maximum absolute atomic E-state index is 13.0. The molecule has 5 nitrogen and oxygen atoms in total. The minimum absolute atomic E-state index is 0.294. The lowest BCUT2D eigenvalue weighted by Crippen LogP contribution is -2.23. The van der Waals surface area contributed by atoms with Gasteiger partial charge >= 0.3 is 5.97 Å². The van der Waals surface area contributed by atoms with Crippen LogP contribution in [0.15, 0.2) is 48.5 Å². The van der Waals surface area contributed by atoms with Crippen molar-refractivity contribution in [2.45, 2.75) is 19.8 Å². The van der Waals surface area contributed by atoms with Crippen LogP contribution in [0.1, 0.15) is 25.3 Å². The molecule has 0 aliphatic heterocycles. The van der Waals surface area contributed by atoms with Gasteiger partial charge in [-0.1, -0.05) is 32.0 Å². The number of amides is 1. The number of nitrogens with one attached hydrogen (secondary N) is 1. The summed E-state index contributed by atoms with van der Waals surface area (Å²) in [5, 5.41) is 2.43. The first-order valence-electron chi connectivity index (χ1n) is 7.88. The van der Waals surface area contributed by atoms with Gasteiger partial charge < -0.3 is 14.8 Å². The zero-order chi connectivity index (χ0) is 18.2. The molecule has 0 fully saturated rings. The summed E-state index contributed by atoms with van der Waals surface area (Å²) in [4.78, 5) is 23.3. The monoisotopic (exact) mass is 345 g/mol. The molecule has 0 aliphatic rings. The molecule has 2 aromatic rings. The molecule has 6 heteroatoms. The van der Waals surface area contributed by atoms with E-state index in [9.17, 15) is 14.0 Å². The molecule has 0 aromatic heterocycles. The van der Waals surface area contributed by atoms with Crippen LogP contribution in [0.25, 0.3) is 0 Å². The summed E-state index contributed by atoms with van der Waals surface area (Å²) in [7, 11) is 0. The number of hydrogen-bond donors (Lipinski definition) is 1. The number of esters is 1. The van der Waals surface area contributed by atoms with Crippen LogP contribution in [0.3, 0.4) is 0 Å². The molecule has 0 spiro atoms. The van der Waals surface area contributed by atoms with Gasteiger partial charge in [0.25, 0.3) is 5.91 Å². The molecule has 0 saturated heterocycles. The largest absolute Gasteiger partial charge is 0.482 e. The van der Waals surface area contributed by atoms with E-state index in [1.54, 1.807) is 12.1 Å². The fourth-order valence-corrected chi connectivity index (χ4v) is 2.04. The number of benzene rings is 2. The van der Waals surface area contributed by atoms with Crippen molar-refractivity contribution in [3.05, 3.63) is 59.9 Å². The Labute approximate surface area is 145 Å². The van der Waals surface area contributed by atoms with Crippen LogP contribution in [0.4, 0.5) is 10.1 Å². The highest BCUT2D eigenvalue weighted by Crippen LogP contribution is 2.18. The first-order valence-corrected chi connectivity index (χ1v) is 7.88. The van der Waals surface area contributed by atoms with Gasteiger partial charge in [-0.3, -0.25) is 4.79 Å². The molecule has 0 atom stereocenters. The standard InChI is InChI=1S/C19H20FNO4/c1-13(2)14-6-8-17(9-7-14)24-12-19(23)25-11-18(22)21-16-5-3-4-15(20)10-16/h3-10,13H,11-12H2,1-2H3,(H,21,22). The number of hydrogen-bond acceptors (Lipinski definition) is 4. The Morgan fingerprint density at radius 2 is 1.80 bits per heavy atom. The Hall–Kier alpha value is -2.89. The van der Waals surface area contributed by atoms with Crippen molar-refractivity contribution < 1.29 is 23.5 Å². The Balaban J connectivity index is 1.72. The van der Waals surface area contributed by atoms with Gasteiger partial charge in [-0.2, -0.15) is 0 Å². The zero-order valence-electron chi connectivity index (χ0n) is 14.1. The maximum atomic E-state index is 13.0. The molecule has 25 heavy (non-hydrogen) atoms. The van der Waals surface area contributed by atoms with E-state index in [4.69, 9.17) is 9.47 Å². The average molecular weight is 345 g/mol. The van der Waals surface area contributed by atoms with Gasteiger partial charge in [0.2, 0.25) is 0 Å². The lowest BCUT2D eigenvalue weighted by atomic mass is 10.0. The quantitative estimate of drug-likeness (QED) is 0.780. The van der Waals surface area contributed by atoms with Crippen molar-refractivity contribution in [1.29, 1.82) is 0 Å². The van der Waals surface area contributed by atoms with Gasteiger partial charge in [0.05, 0.1) is 0 Å². The van der Waals surface area contributed by atoms with Crippen LogP contribution in [-0.4, -0.2) is 25.1 Å². The first-order chi connectivity index (χ1) is 11.9. The molecule has 2 rings (SSSR count). The Morgan fingerprint density at radius 1 is 1.08 bits per heavy atom. The SMILES string of the molecule is CC(C)c1ccc(OCC(=O)OCC(=O)Nc2cccc(F)c2)cc1. The lowest BCUT2D eigenvalue weighted by molar-refractivity contribution is -0.149. The van der Waals surface area contributed by atoms with Gasteiger partial charge in [0, 0.05) is 5.69 Å². The van der Waals surface area contributed by atoms with Crippen LogP contribution >= 0.6 is 0 Å². The molecule has 2 aromatic carbocycles. The average Bonchev–Trinajstić information content (AvgIpc) is 2.58. The fourth-order valence-electron chi connectivity index (χ4n) is 2.04. The smallest absolute Gasteiger partial charge is 0.344 e. The summed E-state index contributed by atoms with van der Waals surface area (Å²) < 4.78 is 23.1. The molecular weight excluding hydrogens is 325 g/mol. The molecule has 0 heterocycles. The van der Waals surface area contributed by atoms with Crippen LogP contribution in [-0.2, 0) is 14.3 Å². The lowest BCUT2D eigenvalue weighted by Gasteiger charge is -2.09. The Morgan fingerprint density at radius 3 is 2.44 bits per heavy atom. The topological polar surface area (TPSA) is 64.6 Å². The Bertz CT molecular complexity index is 728. The number of carbonyl (C=O) groups excluding carboxylic acids is 2. The highest BCUT2D eigenvalue weighted by Gasteiger charge is 2.09. The van der Waals surface area contributed by atoms with Crippen molar-refractivity contribution in [3.63, 3.8) is 0 Å². The van der Waals surface area contributed by atoms with Crippen LogP contribution < -0.4 is 10.1 Å². The first kappa shape index (κ1) is 18.4. The van der Waals surface area contributed by atoms with E-state index in [0.717, 1.165) is 0 Å². The van der Waals surface area contributed by atoms with Crippen molar-refractivity contribution in [1.82, 2.24) is 0 Å². The van der Waals surface area contributed by atoms with Crippen LogP contribution in [0, 0.1) is 5.82 Å². The molecule has 0 aliphatic carbocycles. The number of anilines is 1. The fraction of sp³-hybridized carbons (Fsp3) is 0.263.